The number of amides is 2. The molecule has 0 saturated heterocycles. The van der Waals surface area contributed by atoms with E-state index in [9.17, 15) is 9.59 Å². The topological polar surface area (TPSA) is 78.4 Å². The van der Waals surface area contributed by atoms with Crippen LogP contribution in [0.25, 0.3) is 0 Å². The lowest BCUT2D eigenvalue weighted by Crippen LogP contribution is -2.30. The third-order valence-electron chi connectivity index (χ3n) is 2.95. The van der Waals surface area contributed by atoms with E-state index in [1.54, 1.807) is 38.1 Å². The summed E-state index contributed by atoms with van der Waals surface area (Å²) in [6.45, 7) is 9.20. The van der Waals surface area contributed by atoms with Gasteiger partial charge in [0.1, 0.15) is 0 Å². The average molecular weight is 276 g/mol. The maximum atomic E-state index is 11.5. The maximum absolute atomic E-state index is 11.5. The van der Waals surface area contributed by atoms with Crippen molar-refractivity contribution < 1.29 is 14.7 Å². The van der Waals surface area contributed by atoms with Crippen LogP contribution < -0.4 is 10.6 Å². The molecule has 0 unspecified atom stereocenters. The van der Waals surface area contributed by atoms with E-state index in [1.165, 1.54) is 0 Å². The molecule has 108 valence electrons. The number of rotatable bonds is 5. The Kier molecular flexibility index (Phi) is 4.91. The van der Waals surface area contributed by atoms with Gasteiger partial charge in [0.05, 0.1) is 5.41 Å². The molecule has 0 radical (unpaired) electrons. The molecule has 0 saturated carbocycles. The molecule has 0 fully saturated rings. The van der Waals surface area contributed by atoms with Crippen LogP contribution in [0.3, 0.4) is 0 Å². The van der Waals surface area contributed by atoms with Gasteiger partial charge >= 0.3 is 12.0 Å². The fourth-order valence-corrected chi connectivity index (χ4v) is 1.50. The van der Waals surface area contributed by atoms with Crippen molar-refractivity contribution >= 4 is 17.7 Å². The van der Waals surface area contributed by atoms with Crippen LogP contribution in [-0.4, -0.2) is 23.7 Å². The van der Waals surface area contributed by atoms with Crippen LogP contribution in [-0.2, 0) is 10.2 Å². The van der Waals surface area contributed by atoms with Gasteiger partial charge in [0.25, 0.3) is 0 Å². The van der Waals surface area contributed by atoms with Crippen molar-refractivity contribution in [2.24, 2.45) is 0 Å². The molecule has 0 heterocycles. The molecular weight excluding hydrogens is 256 g/mol. The molecule has 0 aliphatic rings. The minimum absolute atomic E-state index is 0.321. The van der Waals surface area contributed by atoms with Crippen molar-refractivity contribution in [2.75, 3.05) is 11.9 Å². The van der Waals surface area contributed by atoms with Gasteiger partial charge in [0.15, 0.2) is 0 Å². The molecule has 0 spiro atoms. The van der Waals surface area contributed by atoms with Gasteiger partial charge in [-0.3, -0.25) is 4.79 Å². The van der Waals surface area contributed by atoms with Crippen molar-refractivity contribution in [3.63, 3.8) is 0 Å². The normalized spacial score (nSPS) is 10.8. The Morgan fingerprint density at radius 1 is 1.25 bits per heavy atom. The first-order valence-electron chi connectivity index (χ1n) is 6.26. The number of aliphatic carboxylic acids is 1. The third kappa shape index (κ3) is 4.12. The number of nitrogens with one attached hydrogen (secondary N) is 2. The lowest BCUT2D eigenvalue weighted by Gasteiger charge is -2.19. The summed E-state index contributed by atoms with van der Waals surface area (Å²) in [6, 6.07) is 6.43. The van der Waals surface area contributed by atoms with Crippen molar-refractivity contribution in [1.29, 1.82) is 0 Å². The predicted octanol–water partition coefficient (Wildman–Crippen LogP) is 2.75. The van der Waals surface area contributed by atoms with Gasteiger partial charge in [-0.2, -0.15) is 0 Å². The first-order valence-corrected chi connectivity index (χ1v) is 6.26. The number of carboxylic acids is 1. The second kappa shape index (κ2) is 6.23. The van der Waals surface area contributed by atoms with Gasteiger partial charge in [0, 0.05) is 12.2 Å². The number of hydrogen-bond acceptors (Lipinski definition) is 2. The number of urea groups is 1. The van der Waals surface area contributed by atoms with Crippen LogP contribution in [0.1, 0.15) is 26.3 Å². The Bertz CT molecular complexity index is 518. The second-order valence-electron chi connectivity index (χ2n) is 5.27. The first-order chi connectivity index (χ1) is 9.23. The Morgan fingerprint density at radius 2 is 1.80 bits per heavy atom. The van der Waals surface area contributed by atoms with Crippen molar-refractivity contribution in [3.8, 4) is 0 Å². The first kappa shape index (κ1) is 15.8. The highest BCUT2D eigenvalue weighted by molar-refractivity contribution is 5.89. The highest BCUT2D eigenvalue weighted by Crippen LogP contribution is 2.24. The smallest absolute Gasteiger partial charge is 0.319 e. The molecule has 1 aromatic carbocycles. The standard InChI is InChI=1S/C15H20N2O3/c1-10(2)9-16-14(20)17-12-7-5-11(6-8-12)15(3,4)13(18)19/h5-8H,1,9H2,2-4H3,(H,18,19)(H2,16,17,20). The molecule has 20 heavy (non-hydrogen) atoms. The van der Waals surface area contributed by atoms with E-state index < -0.39 is 11.4 Å². The number of anilines is 1. The summed E-state index contributed by atoms with van der Waals surface area (Å²) in [5.41, 5.74) is 1.19. The zero-order chi connectivity index (χ0) is 15.3. The van der Waals surface area contributed by atoms with Crippen molar-refractivity contribution in [2.45, 2.75) is 26.2 Å². The maximum Gasteiger partial charge on any atom is 0.319 e. The van der Waals surface area contributed by atoms with Gasteiger partial charge in [-0.05, 0) is 38.5 Å². The van der Waals surface area contributed by atoms with E-state index in [0.29, 0.717) is 17.8 Å². The Morgan fingerprint density at radius 3 is 2.25 bits per heavy atom. The van der Waals surface area contributed by atoms with Crippen LogP contribution in [0.15, 0.2) is 36.4 Å². The number of carboxylic acid groups (broad SMARTS) is 1. The number of benzene rings is 1. The Labute approximate surface area is 118 Å². The molecular formula is C15H20N2O3. The molecule has 2 amide bonds. The number of carbonyl (C=O) groups is 2. The Hall–Kier alpha value is -2.30. The molecule has 1 rings (SSSR count). The van der Waals surface area contributed by atoms with E-state index in [0.717, 1.165) is 5.57 Å². The molecule has 1 aromatic rings. The minimum Gasteiger partial charge on any atom is -0.481 e. The molecule has 0 bridgehead atoms. The Balaban J connectivity index is 2.70. The number of carbonyl (C=O) groups excluding carboxylic acids is 1. The highest BCUT2D eigenvalue weighted by atomic mass is 16.4. The molecule has 5 nitrogen and oxygen atoms in total. The minimum atomic E-state index is -0.958. The summed E-state index contributed by atoms with van der Waals surface area (Å²) < 4.78 is 0. The average Bonchev–Trinajstić information content (AvgIpc) is 2.37. The van der Waals surface area contributed by atoms with E-state index in [1.807, 2.05) is 6.92 Å². The summed E-state index contributed by atoms with van der Waals surface area (Å²) in [7, 11) is 0. The van der Waals surface area contributed by atoms with E-state index >= 15 is 0 Å². The molecule has 0 aromatic heterocycles. The van der Waals surface area contributed by atoms with Crippen LogP contribution >= 0.6 is 0 Å². The second-order valence-corrected chi connectivity index (χ2v) is 5.27. The van der Waals surface area contributed by atoms with Gasteiger partial charge in [-0.15, -0.1) is 0 Å². The van der Waals surface area contributed by atoms with Crippen LogP contribution in [0, 0.1) is 0 Å². The predicted molar refractivity (Wildman–Crippen MR) is 78.9 cm³/mol. The van der Waals surface area contributed by atoms with E-state index in [-0.39, 0.29) is 6.03 Å². The van der Waals surface area contributed by atoms with Crippen molar-refractivity contribution in [3.05, 3.63) is 42.0 Å². The van der Waals surface area contributed by atoms with Gasteiger partial charge in [-0.25, -0.2) is 4.79 Å². The largest absolute Gasteiger partial charge is 0.481 e. The fourth-order valence-electron chi connectivity index (χ4n) is 1.50. The summed E-state index contributed by atoms with van der Waals surface area (Å²) in [6.07, 6.45) is 0. The van der Waals surface area contributed by atoms with Crippen molar-refractivity contribution in [1.82, 2.24) is 5.32 Å². The monoisotopic (exact) mass is 276 g/mol. The molecule has 0 aliphatic heterocycles. The third-order valence-corrected chi connectivity index (χ3v) is 2.95. The lowest BCUT2D eigenvalue weighted by molar-refractivity contribution is -0.142. The van der Waals surface area contributed by atoms with Gasteiger partial charge in [0.2, 0.25) is 0 Å². The van der Waals surface area contributed by atoms with E-state index in [2.05, 4.69) is 17.2 Å². The van der Waals surface area contributed by atoms with Gasteiger partial charge in [-0.1, -0.05) is 24.3 Å². The van der Waals surface area contributed by atoms with Crippen LogP contribution in [0.2, 0.25) is 0 Å². The van der Waals surface area contributed by atoms with E-state index in [4.69, 9.17) is 5.11 Å². The lowest BCUT2D eigenvalue weighted by atomic mass is 9.85. The summed E-state index contributed by atoms with van der Waals surface area (Å²) >= 11 is 0. The summed E-state index contributed by atoms with van der Waals surface area (Å²) in [5.74, 6) is -0.891. The summed E-state index contributed by atoms with van der Waals surface area (Å²) in [5, 5.41) is 14.5. The quantitative estimate of drug-likeness (QED) is 0.723. The SMILES string of the molecule is C=C(C)CNC(=O)Nc1ccc(C(C)(C)C(=O)O)cc1. The summed E-state index contributed by atoms with van der Waals surface area (Å²) in [4.78, 5) is 22.7. The fraction of sp³-hybridized carbons (Fsp3) is 0.333. The van der Waals surface area contributed by atoms with Crippen LogP contribution in [0.5, 0.6) is 0 Å². The van der Waals surface area contributed by atoms with Gasteiger partial charge < -0.3 is 15.7 Å². The molecule has 3 N–H and O–H groups in total. The zero-order valence-corrected chi connectivity index (χ0v) is 12.0. The molecule has 0 atom stereocenters. The molecule has 0 aliphatic carbocycles. The molecule has 5 heteroatoms. The number of hydrogen-bond donors (Lipinski definition) is 3. The van der Waals surface area contributed by atoms with Crippen LogP contribution in [0.4, 0.5) is 10.5 Å². The zero-order valence-electron chi connectivity index (χ0n) is 12.0. The highest BCUT2D eigenvalue weighted by Gasteiger charge is 2.29.